The molecule has 0 aromatic heterocycles. The van der Waals surface area contributed by atoms with Crippen molar-refractivity contribution in [1.29, 1.82) is 0 Å². The van der Waals surface area contributed by atoms with Gasteiger partial charge in [-0.3, -0.25) is 0 Å². The van der Waals surface area contributed by atoms with Gasteiger partial charge in [0.25, 0.3) is 0 Å². The van der Waals surface area contributed by atoms with E-state index in [-0.39, 0.29) is 0 Å². The summed E-state index contributed by atoms with van der Waals surface area (Å²) in [6, 6.07) is 15.5. The first-order chi connectivity index (χ1) is 14.2. The van der Waals surface area contributed by atoms with Crippen LogP contribution in [0, 0.1) is 0 Å². The van der Waals surface area contributed by atoms with Gasteiger partial charge in [-0.1, -0.05) is 89.0 Å². The zero-order valence-electron chi connectivity index (χ0n) is 18.3. The predicted molar refractivity (Wildman–Crippen MR) is 124 cm³/mol. The van der Waals surface area contributed by atoms with Crippen LogP contribution in [0.15, 0.2) is 48.5 Å². The number of hydrogen-bond acceptors (Lipinski definition) is 2. The SMILES string of the molecule is CCCCCCCC(CCCCCCCc1cccc(O)c1)c1ccc(O)cc1. The van der Waals surface area contributed by atoms with Gasteiger partial charge < -0.3 is 10.2 Å². The summed E-state index contributed by atoms with van der Waals surface area (Å²) < 4.78 is 0. The Morgan fingerprint density at radius 1 is 0.655 bits per heavy atom. The van der Waals surface area contributed by atoms with Crippen molar-refractivity contribution in [1.82, 2.24) is 0 Å². The fraction of sp³-hybridized carbons (Fsp3) is 0.556. The van der Waals surface area contributed by atoms with Gasteiger partial charge >= 0.3 is 0 Å². The molecule has 0 spiro atoms. The van der Waals surface area contributed by atoms with E-state index in [4.69, 9.17) is 0 Å². The highest BCUT2D eigenvalue weighted by Gasteiger charge is 2.11. The first-order valence-electron chi connectivity index (χ1n) is 11.8. The van der Waals surface area contributed by atoms with E-state index in [1.165, 1.54) is 88.2 Å². The van der Waals surface area contributed by atoms with Crippen LogP contribution in [0.2, 0.25) is 0 Å². The lowest BCUT2D eigenvalue weighted by Crippen LogP contribution is -2.00. The molecule has 0 saturated carbocycles. The molecule has 0 aliphatic rings. The van der Waals surface area contributed by atoms with Crippen LogP contribution in [0.3, 0.4) is 0 Å². The Balaban J connectivity index is 1.66. The van der Waals surface area contributed by atoms with Crippen LogP contribution >= 0.6 is 0 Å². The molecule has 29 heavy (non-hydrogen) atoms. The van der Waals surface area contributed by atoms with Gasteiger partial charge in [0, 0.05) is 0 Å². The summed E-state index contributed by atoms with van der Waals surface area (Å²) in [5, 5.41) is 19.1. The smallest absolute Gasteiger partial charge is 0.115 e. The second kappa shape index (κ2) is 14.1. The van der Waals surface area contributed by atoms with Crippen LogP contribution in [-0.4, -0.2) is 10.2 Å². The van der Waals surface area contributed by atoms with Gasteiger partial charge in [0.15, 0.2) is 0 Å². The summed E-state index contributed by atoms with van der Waals surface area (Å²) >= 11 is 0. The van der Waals surface area contributed by atoms with E-state index in [1.54, 1.807) is 6.07 Å². The number of aromatic hydroxyl groups is 2. The molecule has 1 atom stereocenters. The maximum Gasteiger partial charge on any atom is 0.115 e. The molecule has 2 heteroatoms. The molecule has 2 aromatic rings. The Bertz CT molecular complexity index is 662. The largest absolute Gasteiger partial charge is 0.508 e. The fourth-order valence-electron chi connectivity index (χ4n) is 4.18. The topological polar surface area (TPSA) is 40.5 Å². The van der Waals surface area contributed by atoms with Gasteiger partial charge in [-0.25, -0.2) is 0 Å². The highest BCUT2D eigenvalue weighted by atomic mass is 16.3. The first kappa shape index (κ1) is 23.3. The van der Waals surface area contributed by atoms with Gasteiger partial charge in [-0.05, 0) is 67.0 Å². The second-order valence-corrected chi connectivity index (χ2v) is 8.47. The van der Waals surface area contributed by atoms with Crippen molar-refractivity contribution in [3.05, 3.63) is 59.7 Å². The molecule has 0 aliphatic carbocycles. The molecule has 0 heterocycles. The minimum Gasteiger partial charge on any atom is -0.508 e. The minimum absolute atomic E-state index is 0.363. The molecule has 2 rings (SSSR count). The van der Waals surface area contributed by atoms with Gasteiger partial charge in [-0.2, -0.15) is 0 Å². The van der Waals surface area contributed by atoms with Gasteiger partial charge in [-0.15, -0.1) is 0 Å². The Hall–Kier alpha value is -1.96. The second-order valence-electron chi connectivity index (χ2n) is 8.47. The van der Waals surface area contributed by atoms with E-state index in [0.717, 1.165) is 6.42 Å². The Labute approximate surface area is 178 Å². The van der Waals surface area contributed by atoms with Crippen molar-refractivity contribution in [3.63, 3.8) is 0 Å². The summed E-state index contributed by atoms with van der Waals surface area (Å²) in [5.41, 5.74) is 2.63. The van der Waals surface area contributed by atoms with E-state index in [0.29, 0.717) is 17.4 Å². The number of unbranched alkanes of at least 4 members (excludes halogenated alkanes) is 8. The van der Waals surface area contributed by atoms with E-state index in [2.05, 4.69) is 25.1 Å². The summed E-state index contributed by atoms with van der Waals surface area (Å²) in [6.07, 6.45) is 16.6. The number of hydrogen-bond donors (Lipinski definition) is 2. The normalized spacial score (nSPS) is 12.2. The number of aryl methyl sites for hydroxylation is 1. The minimum atomic E-state index is 0.363. The van der Waals surface area contributed by atoms with E-state index >= 15 is 0 Å². The maximum absolute atomic E-state index is 9.59. The standard InChI is InChI=1S/C27H40O2/c1-2-3-4-6-10-15-24(25-18-20-26(28)21-19-25)16-11-8-5-7-9-13-23-14-12-17-27(29)22-23/h12,14,17-22,24,28-29H,2-11,13,15-16H2,1H3. The molecular formula is C27H40O2. The molecule has 160 valence electrons. The number of benzene rings is 2. The zero-order chi connectivity index (χ0) is 20.7. The Kier molecular flexibility index (Phi) is 11.3. The molecule has 1 unspecified atom stereocenters. The van der Waals surface area contributed by atoms with Gasteiger partial charge in [0.05, 0.1) is 0 Å². The monoisotopic (exact) mass is 396 g/mol. The summed E-state index contributed by atoms with van der Waals surface area (Å²) in [4.78, 5) is 0. The molecule has 0 amide bonds. The number of rotatable bonds is 15. The van der Waals surface area contributed by atoms with Crippen LogP contribution in [0.1, 0.15) is 101 Å². The molecule has 2 aromatic carbocycles. The summed E-state index contributed by atoms with van der Waals surface area (Å²) in [5.74, 6) is 1.36. The molecule has 0 fully saturated rings. The average Bonchev–Trinajstić information content (AvgIpc) is 2.72. The van der Waals surface area contributed by atoms with Crippen LogP contribution in [-0.2, 0) is 6.42 Å². The molecule has 0 bridgehead atoms. The quantitative estimate of drug-likeness (QED) is 0.298. The number of phenolic OH excluding ortho intramolecular Hbond substituents is 2. The predicted octanol–water partition coefficient (Wildman–Crippen LogP) is 8.13. The van der Waals surface area contributed by atoms with Crippen LogP contribution in [0.5, 0.6) is 11.5 Å². The van der Waals surface area contributed by atoms with Crippen molar-refractivity contribution in [2.75, 3.05) is 0 Å². The molecule has 0 saturated heterocycles. The van der Waals surface area contributed by atoms with E-state index < -0.39 is 0 Å². The third-order valence-corrected chi connectivity index (χ3v) is 5.95. The third kappa shape index (κ3) is 9.87. The van der Waals surface area contributed by atoms with Crippen LogP contribution in [0.25, 0.3) is 0 Å². The fourth-order valence-corrected chi connectivity index (χ4v) is 4.18. The highest BCUT2D eigenvalue weighted by Crippen LogP contribution is 2.29. The lowest BCUT2D eigenvalue weighted by Gasteiger charge is -2.18. The van der Waals surface area contributed by atoms with Crippen LogP contribution in [0.4, 0.5) is 0 Å². The van der Waals surface area contributed by atoms with Crippen molar-refractivity contribution in [2.45, 2.75) is 96.3 Å². The van der Waals surface area contributed by atoms with E-state index in [1.807, 2.05) is 24.3 Å². The molecule has 0 aliphatic heterocycles. The summed E-state index contributed by atoms with van der Waals surface area (Å²) in [6.45, 7) is 2.27. The average molecular weight is 397 g/mol. The molecule has 0 radical (unpaired) electrons. The van der Waals surface area contributed by atoms with Crippen LogP contribution < -0.4 is 0 Å². The van der Waals surface area contributed by atoms with Crippen molar-refractivity contribution >= 4 is 0 Å². The van der Waals surface area contributed by atoms with Crippen molar-refractivity contribution in [2.24, 2.45) is 0 Å². The lowest BCUT2D eigenvalue weighted by atomic mass is 9.88. The third-order valence-electron chi connectivity index (χ3n) is 5.95. The van der Waals surface area contributed by atoms with Gasteiger partial charge in [0.2, 0.25) is 0 Å². The summed E-state index contributed by atoms with van der Waals surface area (Å²) in [7, 11) is 0. The Morgan fingerprint density at radius 3 is 1.93 bits per heavy atom. The maximum atomic E-state index is 9.59. The van der Waals surface area contributed by atoms with E-state index in [9.17, 15) is 10.2 Å². The highest BCUT2D eigenvalue weighted by molar-refractivity contribution is 5.28. The van der Waals surface area contributed by atoms with Crippen molar-refractivity contribution in [3.8, 4) is 11.5 Å². The number of phenols is 2. The zero-order valence-corrected chi connectivity index (χ0v) is 18.3. The van der Waals surface area contributed by atoms with Crippen molar-refractivity contribution < 1.29 is 10.2 Å². The molecular weight excluding hydrogens is 356 g/mol. The lowest BCUT2D eigenvalue weighted by molar-refractivity contribution is 0.471. The van der Waals surface area contributed by atoms with Gasteiger partial charge in [0.1, 0.15) is 11.5 Å². The molecule has 2 nitrogen and oxygen atoms in total. The first-order valence-corrected chi connectivity index (χ1v) is 11.8. The molecule has 2 N–H and O–H groups in total. The Morgan fingerprint density at radius 2 is 1.28 bits per heavy atom.